The van der Waals surface area contributed by atoms with E-state index < -0.39 is 0 Å². The van der Waals surface area contributed by atoms with Gasteiger partial charge in [-0.05, 0) is 62.3 Å². The van der Waals surface area contributed by atoms with Crippen molar-refractivity contribution in [3.8, 4) is 0 Å². The molecule has 0 aromatic heterocycles. The van der Waals surface area contributed by atoms with Crippen molar-refractivity contribution in [1.29, 1.82) is 0 Å². The Morgan fingerprint density at radius 1 is 1.07 bits per heavy atom. The van der Waals surface area contributed by atoms with Crippen LogP contribution in [-0.2, 0) is 16.1 Å². The van der Waals surface area contributed by atoms with E-state index in [1.165, 1.54) is 12.8 Å². The molecule has 0 saturated heterocycles. The van der Waals surface area contributed by atoms with Crippen LogP contribution in [0.4, 0.5) is 5.69 Å². The number of carbonyl (C=O) groups is 2. The van der Waals surface area contributed by atoms with Gasteiger partial charge < -0.3 is 15.1 Å². The summed E-state index contributed by atoms with van der Waals surface area (Å²) in [4.78, 5) is 28.6. The van der Waals surface area contributed by atoms with Gasteiger partial charge in [-0.15, -0.1) is 0 Å². The molecule has 160 valence electrons. The van der Waals surface area contributed by atoms with Gasteiger partial charge in [-0.2, -0.15) is 0 Å². The van der Waals surface area contributed by atoms with E-state index in [9.17, 15) is 9.59 Å². The van der Waals surface area contributed by atoms with Crippen LogP contribution in [0.2, 0.25) is 0 Å². The van der Waals surface area contributed by atoms with Crippen molar-refractivity contribution in [3.05, 3.63) is 65.2 Å². The van der Waals surface area contributed by atoms with Gasteiger partial charge in [0, 0.05) is 18.3 Å². The molecule has 1 aliphatic carbocycles. The minimum Gasteiger partial charge on any atom is -0.331 e. The van der Waals surface area contributed by atoms with Gasteiger partial charge in [0.1, 0.15) is 0 Å². The zero-order valence-electron chi connectivity index (χ0n) is 18.6. The lowest BCUT2D eigenvalue weighted by atomic mass is 10.1. The minimum atomic E-state index is -0.0705. The molecule has 0 radical (unpaired) electrons. The first-order valence-electron chi connectivity index (χ1n) is 10.9. The third kappa shape index (κ3) is 5.92. The summed E-state index contributed by atoms with van der Waals surface area (Å²) >= 11 is 0. The van der Waals surface area contributed by atoms with Gasteiger partial charge >= 0.3 is 0 Å². The van der Waals surface area contributed by atoms with Gasteiger partial charge in [-0.25, -0.2) is 0 Å². The van der Waals surface area contributed by atoms with Crippen molar-refractivity contribution in [2.75, 3.05) is 25.5 Å². The second-order valence-corrected chi connectivity index (χ2v) is 8.69. The Labute approximate surface area is 180 Å². The maximum atomic E-state index is 13.1. The van der Waals surface area contributed by atoms with Crippen LogP contribution in [0.3, 0.4) is 0 Å². The lowest BCUT2D eigenvalue weighted by molar-refractivity contribution is -0.862. The zero-order chi connectivity index (χ0) is 21.7. The summed E-state index contributed by atoms with van der Waals surface area (Å²) in [5, 5.41) is 2.99. The number of hydrogen-bond donors (Lipinski definition) is 2. The molecule has 1 aliphatic rings. The van der Waals surface area contributed by atoms with Gasteiger partial charge in [0.2, 0.25) is 0 Å². The number of rotatable bonds is 9. The van der Waals surface area contributed by atoms with Crippen LogP contribution in [-0.4, -0.2) is 42.9 Å². The predicted molar refractivity (Wildman–Crippen MR) is 120 cm³/mol. The number of carbonyl (C=O) groups excluding carboxylic acids is 2. The van der Waals surface area contributed by atoms with Crippen molar-refractivity contribution in [2.24, 2.45) is 5.92 Å². The Bertz CT molecular complexity index is 877. The van der Waals surface area contributed by atoms with E-state index in [-0.39, 0.29) is 24.4 Å². The summed E-state index contributed by atoms with van der Waals surface area (Å²) in [6.45, 7) is 7.38. The van der Waals surface area contributed by atoms with E-state index >= 15 is 0 Å². The van der Waals surface area contributed by atoms with Crippen LogP contribution in [0.15, 0.2) is 48.5 Å². The number of quaternary nitrogens is 1. The van der Waals surface area contributed by atoms with Gasteiger partial charge in [0.25, 0.3) is 11.8 Å². The maximum absolute atomic E-state index is 13.1. The molecule has 0 heterocycles. The summed E-state index contributed by atoms with van der Waals surface area (Å²) < 4.78 is 0. The molecule has 5 heteroatoms. The fourth-order valence-electron chi connectivity index (χ4n) is 3.85. The molecule has 1 unspecified atom stereocenters. The standard InChI is InChI=1S/C25H33N3O2/c1-18-9-8-12-23(19(18)2)26-24(29)16-27(4)17-25(30)28(20(3)22-13-14-22)15-21-10-6-5-7-11-21/h5-12,20,22H,13-17H2,1-4H3,(H,26,29)/p+1/t20-/m0/s1. The van der Waals surface area contributed by atoms with E-state index in [1.54, 1.807) is 0 Å². The molecule has 2 aromatic rings. The Hall–Kier alpha value is -2.66. The van der Waals surface area contributed by atoms with E-state index in [1.807, 2.05) is 62.2 Å². The van der Waals surface area contributed by atoms with Crippen molar-refractivity contribution in [1.82, 2.24) is 4.90 Å². The summed E-state index contributed by atoms with van der Waals surface area (Å²) in [7, 11) is 1.91. The number of likely N-dealkylation sites (N-methyl/N-ethyl adjacent to an activating group) is 1. The fraction of sp³-hybridized carbons (Fsp3) is 0.440. The minimum absolute atomic E-state index is 0.0705. The first-order valence-corrected chi connectivity index (χ1v) is 10.9. The number of aryl methyl sites for hydroxylation is 1. The molecule has 5 nitrogen and oxygen atoms in total. The maximum Gasteiger partial charge on any atom is 0.279 e. The van der Waals surface area contributed by atoms with Crippen molar-refractivity contribution in [2.45, 2.75) is 46.2 Å². The zero-order valence-corrected chi connectivity index (χ0v) is 18.6. The lowest BCUT2D eigenvalue weighted by Crippen LogP contribution is -3.11. The number of anilines is 1. The SMILES string of the molecule is Cc1cccc(NC(=O)C[NH+](C)CC(=O)N(Cc2ccccc2)[C@@H](C)C2CC2)c1C. The molecule has 2 aromatic carbocycles. The normalized spacial score (nSPS) is 15.3. The summed E-state index contributed by atoms with van der Waals surface area (Å²) in [6.07, 6.45) is 2.39. The second kappa shape index (κ2) is 9.90. The topological polar surface area (TPSA) is 53.9 Å². The van der Waals surface area contributed by atoms with Crippen LogP contribution < -0.4 is 10.2 Å². The molecule has 2 N–H and O–H groups in total. The molecule has 1 saturated carbocycles. The third-order valence-electron chi connectivity index (χ3n) is 6.11. The van der Waals surface area contributed by atoms with E-state index in [0.29, 0.717) is 19.0 Å². The first-order chi connectivity index (χ1) is 14.3. The molecule has 0 bridgehead atoms. The molecule has 1 fully saturated rings. The van der Waals surface area contributed by atoms with Gasteiger partial charge in [0.15, 0.2) is 13.1 Å². The number of nitrogens with zero attached hydrogens (tertiary/aromatic N) is 1. The molecule has 0 spiro atoms. The molecular weight excluding hydrogens is 374 g/mol. The second-order valence-electron chi connectivity index (χ2n) is 8.69. The highest BCUT2D eigenvalue weighted by Crippen LogP contribution is 2.35. The van der Waals surface area contributed by atoms with Crippen molar-refractivity contribution < 1.29 is 14.5 Å². The number of amides is 2. The average molecular weight is 409 g/mol. The fourth-order valence-corrected chi connectivity index (χ4v) is 3.85. The Kier molecular flexibility index (Phi) is 7.27. The molecule has 30 heavy (non-hydrogen) atoms. The Morgan fingerprint density at radius 2 is 1.77 bits per heavy atom. The summed E-state index contributed by atoms with van der Waals surface area (Å²) in [6, 6.07) is 16.3. The smallest absolute Gasteiger partial charge is 0.279 e. The predicted octanol–water partition coefficient (Wildman–Crippen LogP) is 2.58. The number of hydrogen-bond acceptors (Lipinski definition) is 2. The largest absolute Gasteiger partial charge is 0.331 e. The molecule has 2 atom stereocenters. The van der Waals surface area contributed by atoms with Gasteiger partial charge in [0.05, 0.1) is 7.05 Å². The van der Waals surface area contributed by atoms with Crippen LogP contribution in [0.5, 0.6) is 0 Å². The highest BCUT2D eigenvalue weighted by molar-refractivity contribution is 5.92. The molecular formula is C25H34N3O2+. The average Bonchev–Trinajstić information content (AvgIpc) is 3.55. The van der Waals surface area contributed by atoms with Gasteiger partial charge in [-0.1, -0.05) is 42.5 Å². The first kappa shape index (κ1) is 22.0. The van der Waals surface area contributed by atoms with Crippen LogP contribution in [0, 0.1) is 19.8 Å². The lowest BCUT2D eigenvalue weighted by Gasteiger charge is -2.30. The highest BCUT2D eigenvalue weighted by Gasteiger charge is 2.35. The highest BCUT2D eigenvalue weighted by atomic mass is 16.2. The van der Waals surface area contributed by atoms with E-state index in [4.69, 9.17) is 0 Å². The third-order valence-corrected chi connectivity index (χ3v) is 6.11. The molecule has 2 amide bonds. The quantitative estimate of drug-likeness (QED) is 0.670. The molecule has 0 aliphatic heterocycles. The summed E-state index contributed by atoms with van der Waals surface area (Å²) in [5.41, 5.74) is 4.21. The van der Waals surface area contributed by atoms with Crippen LogP contribution in [0.1, 0.15) is 36.5 Å². The van der Waals surface area contributed by atoms with Crippen molar-refractivity contribution >= 4 is 17.5 Å². The van der Waals surface area contributed by atoms with Gasteiger partial charge in [-0.3, -0.25) is 9.59 Å². The molecule has 3 rings (SSSR count). The number of nitrogens with one attached hydrogen (secondary N) is 2. The summed E-state index contributed by atoms with van der Waals surface area (Å²) in [5.74, 6) is 0.639. The van der Waals surface area contributed by atoms with Crippen LogP contribution in [0.25, 0.3) is 0 Å². The van der Waals surface area contributed by atoms with Crippen LogP contribution >= 0.6 is 0 Å². The van der Waals surface area contributed by atoms with E-state index in [2.05, 4.69) is 24.4 Å². The Balaban J connectivity index is 1.58. The monoisotopic (exact) mass is 408 g/mol. The number of benzene rings is 2. The van der Waals surface area contributed by atoms with Crippen molar-refractivity contribution in [3.63, 3.8) is 0 Å². The van der Waals surface area contributed by atoms with E-state index in [0.717, 1.165) is 27.3 Å². The Morgan fingerprint density at radius 3 is 2.43 bits per heavy atom.